The molecule has 1 aromatic rings. The van der Waals surface area contributed by atoms with Crippen LogP contribution in [0.4, 0.5) is 0 Å². The Kier molecular flexibility index (Phi) is 4.10. The third kappa shape index (κ3) is 2.77. The van der Waals surface area contributed by atoms with Gasteiger partial charge >= 0.3 is 0 Å². The monoisotopic (exact) mass is 249 g/mol. The molecule has 1 aliphatic carbocycles. The van der Waals surface area contributed by atoms with Gasteiger partial charge in [0, 0.05) is 18.8 Å². The smallest absolute Gasteiger partial charge is 0.0522 e. The Balaban J connectivity index is 2.05. The molecule has 0 bridgehead atoms. The minimum atomic E-state index is 0.481. The van der Waals surface area contributed by atoms with Gasteiger partial charge in [0.15, 0.2) is 0 Å². The highest BCUT2D eigenvalue weighted by molar-refractivity contribution is 5.08. The van der Waals surface area contributed by atoms with Crippen molar-refractivity contribution in [2.75, 3.05) is 7.05 Å². The molecule has 18 heavy (non-hydrogen) atoms. The van der Waals surface area contributed by atoms with Crippen molar-refractivity contribution in [1.82, 2.24) is 15.1 Å². The molecule has 0 spiro atoms. The number of likely N-dealkylation sites (N-methyl/N-ethyl adjacent to an activating group) is 1. The second-order valence-corrected chi connectivity index (χ2v) is 6.29. The lowest BCUT2D eigenvalue weighted by molar-refractivity contribution is 0.201. The van der Waals surface area contributed by atoms with E-state index in [-0.39, 0.29) is 0 Å². The standard InChI is InChI=1S/C15H27N3/c1-5-18-11-12(10-17-18)9-14(16-4)13-7-6-8-15(13,2)3/h10-11,13-14,16H,5-9H2,1-4H3. The number of aryl methyl sites for hydroxylation is 1. The second kappa shape index (κ2) is 5.43. The fourth-order valence-electron chi connectivity index (χ4n) is 3.48. The Hall–Kier alpha value is -0.830. The van der Waals surface area contributed by atoms with Crippen LogP contribution >= 0.6 is 0 Å². The van der Waals surface area contributed by atoms with E-state index in [2.05, 4.69) is 44.4 Å². The molecule has 1 heterocycles. The van der Waals surface area contributed by atoms with Crippen molar-refractivity contribution in [1.29, 1.82) is 0 Å². The average molecular weight is 249 g/mol. The molecule has 3 heteroatoms. The van der Waals surface area contributed by atoms with Crippen molar-refractivity contribution in [3.8, 4) is 0 Å². The quantitative estimate of drug-likeness (QED) is 0.869. The van der Waals surface area contributed by atoms with Crippen LogP contribution in [0, 0.1) is 11.3 Å². The molecule has 0 amide bonds. The molecule has 2 rings (SSSR count). The highest BCUT2D eigenvalue weighted by Gasteiger charge is 2.38. The van der Waals surface area contributed by atoms with Crippen LogP contribution in [-0.2, 0) is 13.0 Å². The molecule has 2 unspecified atom stereocenters. The maximum Gasteiger partial charge on any atom is 0.0522 e. The van der Waals surface area contributed by atoms with E-state index in [1.807, 2.05) is 10.9 Å². The zero-order valence-corrected chi connectivity index (χ0v) is 12.2. The lowest BCUT2D eigenvalue weighted by Gasteiger charge is -2.34. The highest BCUT2D eigenvalue weighted by Crippen LogP contribution is 2.44. The summed E-state index contributed by atoms with van der Waals surface area (Å²) in [4.78, 5) is 0. The van der Waals surface area contributed by atoms with Crippen molar-refractivity contribution < 1.29 is 0 Å². The van der Waals surface area contributed by atoms with Gasteiger partial charge in [0.05, 0.1) is 6.20 Å². The molecule has 1 saturated carbocycles. The summed E-state index contributed by atoms with van der Waals surface area (Å²) in [6, 6.07) is 0.581. The minimum Gasteiger partial charge on any atom is -0.316 e. The van der Waals surface area contributed by atoms with Gasteiger partial charge in [-0.25, -0.2) is 0 Å². The van der Waals surface area contributed by atoms with Gasteiger partial charge in [0.25, 0.3) is 0 Å². The van der Waals surface area contributed by atoms with Gasteiger partial charge in [0.1, 0.15) is 0 Å². The number of hydrogen-bond donors (Lipinski definition) is 1. The van der Waals surface area contributed by atoms with Crippen LogP contribution in [0.3, 0.4) is 0 Å². The van der Waals surface area contributed by atoms with E-state index >= 15 is 0 Å². The summed E-state index contributed by atoms with van der Waals surface area (Å²) in [7, 11) is 2.10. The van der Waals surface area contributed by atoms with Crippen LogP contribution in [0.5, 0.6) is 0 Å². The predicted octanol–water partition coefficient (Wildman–Crippen LogP) is 2.86. The van der Waals surface area contributed by atoms with Gasteiger partial charge < -0.3 is 5.32 Å². The Labute approximate surface area is 111 Å². The molecule has 0 aliphatic heterocycles. The van der Waals surface area contributed by atoms with E-state index in [0.29, 0.717) is 11.5 Å². The van der Waals surface area contributed by atoms with E-state index in [1.165, 1.54) is 24.8 Å². The van der Waals surface area contributed by atoms with Crippen molar-refractivity contribution in [3.63, 3.8) is 0 Å². The third-order valence-corrected chi connectivity index (χ3v) is 4.66. The van der Waals surface area contributed by atoms with Crippen LogP contribution in [0.25, 0.3) is 0 Å². The molecule has 1 N–H and O–H groups in total. The van der Waals surface area contributed by atoms with Crippen molar-refractivity contribution in [3.05, 3.63) is 18.0 Å². The van der Waals surface area contributed by atoms with Gasteiger partial charge in [-0.05, 0) is 50.1 Å². The topological polar surface area (TPSA) is 29.9 Å². The zero-order chi connectivity index (χ0) is 13.2. The maximum atomic E-state index is 4.37. The first-order valence-corrected chi connectivity index (χ1v) is 7.25. The third-order valence-electron chi connectivity index (χ3n) is 4.66. The van der Waals surface area contributed by atoms with Crippen molar-refractivity contribution in [2.45, 2.75) is 59.0 Å². The average Bonchev–Trinajstić information content (AvgIpc) is 2.92. The number of hydrogen-bond acceptors (Lipinski definition) is 2. The number of aromatic nitrogens is 2. The number of nitrogens with zero attached hydrogens (tertiary/aromatic N) is 2. The second-order valence-electron chi connectivity index (χ2n) is 6.29. The van der Waals surface area contributed by atoms with E-state index in [4.69, 9.17) is 0 Å². The summed E-state index contributed by atoms with van der Waals surface area (Å²) in [6.45, 7) is 7.93. The summed E-state index contributed by atoms with van der Waals surface area (Å²) in [5, 5.41) is 7.91. The minimum absolute atomic E-state index is 0.481. The SMILES string of the molecule is CCn1cc(CC(NC)C2CCCC2(C)C)cn1. The molecule has 2 atom stereocenters. The molecule has 1 aliphatic rings. The first-order valence-electron chi connectivity index (χ1n) is 7.25. The first-order chi connectivity index (χ1) is 8.56. The molecule has 102 valence electrons. The molecule has 3 nitrogen and oxygen atoms in total. The molecule has 0 saturated heterocycles. The molecule has 0 radical (unpaired) electrons. The van der Waals surface area contributed by atoms with Gasteiger partial charge in [-0.2, -0.15) is 5.10 Å². The Morgan fingerprint density at radius 1 is 1.56 bits per heavy atom. The van der Waals surface area contributed by atoms with Gasteiger partial charge in [-0.15, -0.1) is 0 Å². The summed E-state index contributed by atoms with van der Waals surface area (Å²) < 4.78 is 2.02. The summed E-state index contributed by atoms with van der Waals surface area (Å²) >= 11 is 0. The lowest BCUT2D eigenvalue weighted by atomic mass is 9.76. The maximum absolute atomic E-state index is 4.37. The zero-order valence-electron chi connectivity index (χ0n) is 12.2. The fourth-order valence-corrected chi connectivity index (χ4v) is 3.48. The van der Waals surface area contributed by atoms with Crippen LogP contribution in [-0.4, -0.2) is 22.9 Å². The number of rotatable bonds is 5. The van der Waals surface area contributed by atoms with E-state index in [0.717, 1.165) is 18.9 Å². The molecular formula is C15H27N3. The van der Waals surface area contributed by atoms with Crippen LogP contribution in [0.15, 0.2) is 12.4 Å². The Morgan fingerprint density at radius 2 is 2.33 bits per heavy atom. The van der Waals surface area contributed by atoms with Gasteiger partial charge in [-0.3, -0.25) is 4.68 Å². The first kappa shape index (κ1) is 13.6. The summed E-state index contributed by atoms with van der Waals surface area (Å²) in [5.74, 6) is 0.785. The summed E-state index contributed by atoms with van der Waals surface area (Å²) in [5.41, 5.74) is 1.84. The van der Waals surface area contributed by atoms with E-state index in [1.54, 1.807) is 0 Å². The Morgan fingerprint density at radius 3 is 2.83 bits per heavy atom. The van der Waals surface area contributed by atoms with Crippen LogP contribution in [0.2, 0.25) is 0 Å². The molecule has 1 aromatic heterocycles. The predicted molar refractivity (Wildman–Crippen MR) is 75.6 cm³/mol. The Bertz CT molecular complexity index is 381. The van der Waals surface area contributed by atoms with Gasteiger partial charge in [0.2, 0.25) is 0 Å². The number of nitrogens with one attached hydrogen (secondary N) is 1. The molecule has 0 aromatic carbocycles. The van der Waals surface area contributed by atoms with Crippen LogP contribution in [0.1, 0.15) is 45.6 Å². The normalized spacial score (nSPS) is 24.3. The van der Waals surface area contributed by atoms with Crippen molar-refractivity contribution in [2.24, 2.45) is 11.3 Å². The molecule has 1 fully saturated rings. The van der Waals surface area contributed by atoms with E-state index in [9.17, 15) is 0 Å². The summed E-state index contributed by atoms with van der Waals surface area (Å²) in [6.07, 6.45) is 9.42. The van der Waals surface area contributed by atoms with E-state index < -0.39 is 0 Å². The fraction of sp³-hybridized carbons (Fsp3) is 0.800. The van der Waals surface area contributed by atoms with Gasteiger partial charge in [-0.1, -0.05) is 20.3 Å². The van der Waals surface area contributed by atoms with Crippen LogP contribution < -0.4 is 5.32 Å². The highest BCUT2D eigenvalue weighted by atomic mass is 15.3. The lowest BCUT2D eigenvalue weighted by Crippen LogP contribution is -2.40. The van der Waals surface area contributed by atoms with Crippen molar-refractivity contribution >= 4 is 0 Å². The largest absolute Gasteiger partial charge is 0.316 e. The molecular weight excluding hydrogens is 222 g/mol.